The van der Waals surface area contributed by atoms with Crippen molar-refractivity contribution in [3.8, 4) is 0 Å². The average Bonchev–Trinajstić information content (AvgIpc) is 3.03. The Hall–Kier alpha value is -2.18. The molecule has 0 spiro atoms. The molecule has 0 saturated heterocycles. The Bertz CT molecular complexity index is 890. The summed E-state index contributed by atoms with van der Waals surface area (Å²) >= 11 is 0. The number of aryl methyl sites for hydroxylation is 1. The number of hydrogen-bond acceptors (Lipinski definition) is 3. The third-order valence-corrected chi connectivity index (χ3v) is 6.71. The molecule has 1 N–H and O–H groups in total. The molecule has 138 valence electrons. The third-order valence-electron chi connectivity index (χ3n) is 4.88. The molecule has 3 rings (SSSR count). The minimum absolute atomic E-state index is 0.0247. The number of carbonyl (C=O) groups is 1. The van der Waals surface area contributed by atoms with E-state index in [9.17, 15) is 13.2 Å². The second-order valence-corrected chi connectivity index (χ2v) is 9.00. The van der Waals surface area contributed by atoms with Crippen molar-refractivity contribution in [1.82, 2.24) is 9.62 Å². The lowest BCUT2D eigenvalue weighted by atomic mass is 9.97. The summed E-state index contributed by atoms with van der Waals surface area (Å²) in [6.07, 6.45) is 2.55. The van der Waals surface area contributed by atoms with Crippen LogP contribution in [0.5, 0.6) is 0 Å². The summed E-state index contributed by atoms with van der Waals surface area (Å²) in [7, 11) is -0.414. The van der Waals surface area contributed by atoms with Crippen LogP contribution >= 0.6 is 0 Å². The summed E-state index contributed by atoms with van der Waals surface area (Å²) in [6.45, 7) is 0.398. The molecule has 26 heavy (non-hydrogen) atoms. The number of hydrogen-bond donors (Lipinski definition) is 1. The van der Waals surface area contributed by atoms with Crippen LogP contribution in [0, 0.1) is 0 Å². The number of nitrogens with zero attached hydrogens (tertiary/aromatic N) is 1. The van der Waals surface area contributed by atoms with Crippen LogP contribution in [0.25, 0.3) is 0 Å². The zero-order valence-electron chi connectivity index (χ0n) is 15.1. The predicted octanol–water partition coefficient (Wildman–Crippen LogP) is 2.67. The highest BCUT2D eigenvalue weighted by atomic mass is 32.2. The van der Waals surface area contributed by atoms with Gasteiger partial charge >= 0.3 is 0 Å². The maximum atomic E-state index is 12.3. The van der Waals surface area contributed by atoms with Gasteiger partial charge in [0.15, 0.2) is 0 Å². The lowest BCUT2D eigenvalue weighted by Crippen LogP contribution is -2.24. The van der Waals surface area contributed by atoms with Crippen LogP contribution in [-0.2, 0) is 27.8 Å². The molecule has 6 heteroatoms. The van der Waals surface area contributed by atoms with Crippen molar-refractivity contribution in [3.05, 3.63) is 65.2 Å². The van der Waals surface area contributed by atoms with E-state index in [1.54, 1.807) is 24.3 Å². The standard InChI is InChI=1S/C20H24N2O3S/c1-22(2)26(24,25)18-11-7-15(8-12-18)14-21-20(23)13-17-10-9-16-5-3-4-6-19(16)17/h3-8,11-12,17H,9-10,13-14H2,1-2H3,(H,21,23)/t17-/m0/s1. The summed E-state index contributed by atoms with van der Waals surface area (Å²) in [5.41, 5.74) is 3.52. The summed E-state index contributed by atoms with van der Waals surface area (Å²) in [4.78, 5) is 12.5. The van der Waals surface area contributed by atoms with E-state index in [4.69, 9.17) is 0 Å². The molecule has 1 amide bonds. The van der Waals surface area contributed by atoms with Gasteiger partial charge in [-0.25, -0.2) is 12.7 Å². The van der Waals surface area contributed by atoms with E-state index in [1.165, 1.54) is 29.5 Å². The molecule has 2 aromatic carbocycles. The largest absolute Gasteiger partial charge is 0.352 e. The maximum Gasteiger partial charge on any atom is 0.242 e. The first-order valence-electron chi connectivity index (χ1n) is 8.74. The number of fused-ring (bicyclic) bond motifs is 1. The van der Waals surface area contributed by atoms with E-state index in [1.807, 2.05) is 12.1 Å². The number of rotatable bonds is 6. The Balaban J connectivity index is 1.56. The summed E-state index contributed by atoms with van der Waals surface area (Å²) in [5.74, 6) is 0.315. The minimum atomic E-state index is -3.42. The zero-order chi connectivity index (χ0) is 18.7. The Kier molecular flexibility index (Phi) is 5.44. The summed E-state index contributed by atoms with van der Waals surface area (Å²) in [6, 6.07) is 14.9. The molecule has 0 aliphatic heterocycles. The molecule has 0 aromatic heterocycles. The number of benzene rings is 2. The number of carbonyl (C=O) groups excluding carboxylic acids is 1. The second-order valence-electron chi connectivity index (χ2n) is 6.85. The molecule has 1 aliphatic carbocycles. The van der Waals surface area contributed by atoms with Crippen LogP contribution in [0.4, 0.5) is 0 Å². The highest BCUT2D eigenvalue weighted by Crippen LogP contribution is 2.35. The van der Waals surface area contributed by atoms with Crippen molar-refractivity contribution in [2.24, 2.45) is 0 Å². The maximum absolute atomic E-state index is 12.3. The molecule has 0 radical (unpaired) electrons. The van der Waals surface area contributed by atoms with Gasteiger partial charge < -0.3 is 5.32 Å². The molecule has 0 heterocycles. The van der Waals surface area contributed by atoms with E-state index >= 15 is 0 Å². The Morgan fingerprint density at radius 2 is 1.81 bits per heavy atom. The average molecular weight is 372 g/mol. The SMILES string of the molecule is CN(C)S(=O)(=O)c1ccc(CNC(=O)C[C@@H]2CCc3ccccc32)cc1. The van der Waals surface area contributed by atoms with Gasteiger partial charge in [-0.2, -0.15) is 0 Å². The van der Waals surface area contributed by atoms with Crippen molar-refractivity contribution < 1.29 is 13.2 Å². The fourth-order valence-electron chi connectivity index (χ4n) is 3.34. The van der Waals surface area contributed by atoms with Gasteiger partial charge in [0.05, 0.1) is 4.90 Å². The molecular weight excluding hydrogens is 348 g/mol. The van der Waals surface area contributed by atoms with Crippen LogP contribution in [0.15, 0.2) is 53.4 Å². The molecule has 0 unspecified atom stereocenters. The van der Waals surface area contributed by atoms with Crippen molar-refractivity contribution >= 4 is 15.9 Å². The van der Waals surface area contributed by atoms with Gasteiger partial charge in [-0.05, 0) is 47.6 Å². The smallest absolute Gasteiger partial charge is 0.242 e. The lowest BCUT2D eigenvalue weighted by molar-refractivity contribution is -0.121. The molecule has 0 bridgehead atoms. The van der Waals surface area contributed by atoms with Gasteiger partial charge in [0.2, 0.25) is 15.9 Å². The first-order chi connectivity index (χ1) is 12.4. The lowest BCUT2D eigenvalue weighted by Gasteiger charge is -2.13. The van der Waals surface area contributed by atoms with Gasteiger partial charge in [-0.3, -0.25) is 4.79 Å². The molecule has 2 aromatic rings. The van der Waals surface area contributed by atoms with E-state index in [0.717, 1.165) is 18.4 Å². The molecule has 5 nitrogen and oxygen atoms in total. The van der Waals surface area contributed by atoms with Crippen molar-refractivity contribution in [3.63, 3.8) is 0 Å². The van der Waals surface area contributed by atoms with Crippen LogP contribution in [-0.4, -0.2) is 32.7 Å². The van der Waals surface area contributed by atoms with Crippen molar-refractivity contribution in [1.29, 1.82) is 0 Å². The Morgan fingerprint density at radius 3 is 2.50 bits per heavy atom. The van der Waals surface area contributed by atoms with Gasteiger partial charge in [-0.15, -0.1) is 0 Å². The number of sulfonamides is 1. The van der Waals surface area contributed by atoms with Crippen LogP contribution in [0.3, 0.4) is 0 Å². The molecule has 1 aliphatic rings. The topological polar surface area (TPSA) is 66.5 Å². The second kappa shape index (κ2) is 7.60. The Morgan fingerprint density at radius 1 is 1.12 bits per heavy atom. The number of amides is 1. The van der Waals surface area contributed by atoms with Gasteiger partial charge in [0.25, 0.3) is 0 Å². The van der Waals surface area contributed by atoms with Crippen LogP contribution in [0.1, 0.15) is 35.4 Å². The van der Waals surface area contributed by atoms with Gasteiger partial charge in [-0.1, -0.05) is 36.4 Å². The van der Waals surface area contributed by atoms with E-state index in [0.29, 0.717) is 18.9 Å². The fraction of sp³-hybridized carbons (Fsp3) is 0.350. The first kappa shape index (κ1) is 18.6. The van der Waals surface area contributed by atoms with Gasteiger partial charge in [0.1, 0.15) is 0 Å². The normalized spacial score (nSPS) is 16.5. The predicted molar refractivity (Wildman–Crippen MR) is 101 cm³/mol. The van der Waals surface area contributed by atoms with E-state index < -0.39 is 10.0 Å². The molecule has 1 atom stereocenters. The Labute approximate surface area is 155 Å². The molecular formula is C20H24N2O3S. The summed E-state index contributed by atoms with van der Waals surface area (Å²) in [5, 5.41) is 2.94. The summed E-state index contributed by atoms with van der Waals surface area (Å²) < 4.78 is 25.3. The molecule has 0 saturated carbocycles. The van der Waals surface area contributed by atoms with Gasteiger partial charge in [0, 0.05) is 27.1 Å². The quantitative estimate of drug-likeness (QED) is 0.848. The van der Waals surface area contributed by atoms with Crippen LogP contribution < -0.4 is 5.32 Å². The van der Waals surface area contributed by atoms with Crippen molar-refractivity contribution in [2.75, 3.05) is 14.1 Å². The van der Waals surface area contributed by atoms with E-state index in [2.05, 4.69) is 17.4 Å². The molecule has 0 fully saturated rings. The first-order valence-corrected chi connectivity index (χ1v) is 10.2. The number of nitrogens with one attached hydrogen (secondary N) is 1. The zero-order valence-corrected chi connectivity index (χ0v) is 15.9. The third kappa shape index (κ3) is 3.97. The monoisotopic (exact) mass is 372 g/mol. The highest BCUT2D eigenvalue weighted by Gasteiger charge is 2.24. The highest BCUT2D eigenvalue weighted by molar-refractivity contribution is 7.89. The van der Waals surface area contributed by atoms with Crippen molar-refractivity contribution in [2.45, 2.75) is 36.6 Å². The van der Waals surface area contributed by atoms with E-state index in [-0.39, 0.29) is 10.8 Å². The fourth-order valence-corrected chi connectivity index (χ4v) is 4.25. The minimum Gasteiger partial charge on any atom is -0.352 e. The van der Waals surface area contributed by atoms with Crippen LogP contribution in [0.2, 0.25) is 0 Å².